The molecule has 0 amide bonds. The van der Waals surface area contributed by atoms with Crippen molar-refractivity contribution in [2.45, 2.75) is 38.6 Å². The van der Waals surface area contributed by atoms with E-state index in [0.717, 1.165) is 12.0 Å². The van der Waals surface area contributed by atoms with Gasteiger partial charge in [0.25, 0.3) is 0 Å². The van der Waals surface area contributed by atoms with E-state index >= 15 is 0 Å². The maximum Gasteiger partial charge on any atom is 0.00927 e. The summed E-state index contributed by atoms with van der Waals surface area (Å²) >= 11 is 0. The molecule has 0 aromatic rings. The van der Waals surface area contributed by atoms with Crippen LogP contribution in [0.3, 0.4) is 0 Å². The molecule has 2 nitrogen and oxygen atoms in total. The third kappa shape index (κ3) is 4.10. The van der Waals surface area contributed by atoms with Crippen molar-refractivity contribution in [2.24, 2.45) is 5.92 Å². The van der Waals surface area contributed by atoms with Gasteiger partial charge in [-0.05, 0) is 52.4 Å². The van der Waals surface area contributed by atoms with Crippen molar-refractivity contribution >= 4 is 0 Å². The van der Waals surface area contributed by atoms with Crippen LogP contribution >= 0.6 is 0 Å². The van der Waals surface area contributed by atoms with Gasteiger partial charge in [-0.15, -0.1) is 0 Å². The minimum Gasteiger partial charge on any atom is -0.314 e. The van der Waals surface area contributed by atoms with Crippen LogP contribution in [0.5, 0.6) is 0 Å². The van der Waals surface area contributed by atoms with Gasteiger partial charge >= 0.3 is 0 Å². The SMILES string of the molecule is CC1CCCC1NCCCN(C)C. The molecule has 2 unspecified atom stereocenters. The van der Waals surface area contributed by atoms with Crippen molar-refractivity contribution < 1.29 is 0 Å². The molecule has 0 bridgehead atoms. The van der Waals surface area contributed by atoms with E-state index in [1.165, 1.54) is 38.8 Å². The molecule has 1 rings (SSSR count). The van der Waals surface area contributed by atoms with E-state index in [2.05, 4.69) is 31.2 Å². The fraction of sp³-hybridized carbons (Fsp3) is 1.00. The van der Waals surface area contributed by atoms with Crippen molar-refractivity contribution in [1.82, 2.24) is 10.2 Å². The van der Waals surface area contributed by atoms with Crippen LogP contribution in [0.1, 0.15) is 32.6 Å². The fourth-order valence-electron chi connectivity index (χ4n) is 2.13. The Hall–Kier alpha value is -0.0800. The van der Waals surface area contributed by atoms with Crippen LogP contribution in [0.25, 0.3) is 0 Å². The number of rotatable bonds is 5. The first kappa shape index (κ1) is 11.0. The predicted molar refractivity (Wildman–Crippen MR) is 58.0 cm³/mol. The first-order valence-electron chi connectivity index (χ1n) is 5.58. The first-order valence-corrected chi connectivity index (χ1v) is 5.58. The minimum atomic E-state index is 0.808. The standard InChI is InChI=1S/C11H24N2/c1-10-6-4-7-11(10)12-8-5-9-13(2)3/h10-12H,4-9H2,1-3H3. The average molecular weight is 184 g/mol. The molecule has 13 heavy (non-hydrogen) atoms. The van der Waals surface area contributed by atoms with Crippen molar-refractivity contribution in [3.05, 3.63) is 0 Å². The summed E-state index contributed by atoms with van der Waals surface area (Å²) in [5.74, 6) is 0.902. The maximum atomic E-state index is 3.66. The third-order valence-electron chi connectivity index (χ3n) is 3.05. The van der Waals surface area contributed by atoms with Crippen LogP contribution in [0, 0.1) is 5.92 Å². The van der Waals surface area contributed by atoms with Crippen molar-refractivity contribution in [2.75, 3.05) is 27.2 Å². The molecule has 1 aliphatic carbocycles. The Morgan fingerprint density at radius 3 is 2.62 bits per heavy atom. The maximum absolute atomic E-state index is 3.66. The van der Waals surface area contributed by atoms with E-state index < -0.39 is 0 Å². The lowest BCUT2D eigenvalue weighted by Crippen LogP contribution is -2.33. The second-order valence-electron chi connectivity index (χ2n) is 4.63. The number of nitrogens with one attached hydrogen (secondary N) is 1. The van der Waals surface area contributed by atoms with E-state index in [0.29, 0.717) is 0 Å². The van der Waals surface area contributed by atoms with Crippen LogP contribution < -0.4 is 5.32 Å². The molecule has 0 heterocycles. The van der Waals surface area contributed by atoms with Crippen LogP contribution in [-0.2, 0) is 0 Å². The minimum absolute atomic E-state index is 0.808. The van der Waals surface area contributed by atoms with E-state index in [4.69, 9.17) is 0 Å². The topological polar surface area (TPSA) is 15.3 Å². The second kappa shape index (κ2) is 5.61. The summed E-state index contributed by atoms with van der Waals surface area (Å²) in [7, 11) is 4.27. The molecule has 0 saturated heterocycles. The highest BCUT2D eigenvalue weighted by molar-refractivity contribution is 4.79. The summed E-state index contributed by atoms with van der Waals surface area (Å²) < 4.78 is 0. The molecule has 2 heteroatoms. The number of hydrogen-bond donors (Lipinski definition) is 1. The predicted octanol–water partition coefficient (Wildman–Crippen LogP) is 1.72. The molecule has 0 aromatic heterocycles. The van der Waals surface area contributed by atoms with Crippen LogP contribution in [0.4, 0.5) is 0 Å². The van der Waals surface area contributed by atoms with Crippen LogP contribution in [0.2, 0.25) is 0 Å². The Morgan fingerprint density at radius 1 is 1.31 bits per heavy atom. The van der Waals surface area contributed by atoms with Crippen LogP contribution in [0.15, 0.2) is 0 Å². The van der Waals surface area contributed by atoms with Crippen molar-refractivity contribution in [1.29, 1.82) is 0 Å². The molecule has 0 spiro atoms. The lowest BCUT2D eigenvalue weighted by molar-refractivity contribution is 0.371. The lowest BCUT2D eigenvalue weighted by atomic mass is 10.1. The van der Waals surface area contributed by atoms with Gasteiger partial charge in [0.2, 0.25) is 0 Å². The van der Waals surface area contributed by atoms with Gasteiger partial charge in [0, 0.05) is 6.04 Å². The average Bonchev–Trinajstić information content (AvgIpc) is 2.45. The molecule has 1 saturated carbocycles. The second-order valence-corrected chi connectivity index (χ2v) is 4.63. The summed E-state index contributed by atoms with van der Waals surface area (Å²) in [5, 5.41) is 3.66. The highest BCUT2D eigenvalue weighted by Gasteiger charge is 2.21. The molecular formula is C11H24N2. The number of nitrogens with zero attached hydrogens (tertiary/aromatic N) is 1. The fourth-order valence-corrected chi connectivity index (χ4v) is 2.13. The van der Waals surface area contributed by atoms with Gasteiger partial charge in [0.15, 0.2) is 0 Å². The highest BCUT2D eigenvalue weighted by Crippen LogP contribution is 2.24. The summed E-state index contributed by atoms with van der Waals surface area (Å²) in [6, 6.07) is 0.808. The molecule has 0 aromatic carbocycles. The van der Waals surface area contributed by atoms with E-state index in [1.54, 1.807) is 0 Å². The zero-order chi connectivity index (χ0) is 9.68. The third-order valence-corrected chi connectivity index (χ3v) is 3.05. The monoisotopic (exact) mass is 184 g/mol. The van der Waals surface area contributed by atoms with E-state index in [1.807, 2.05) is 0 Å². The van der Waals surface area contributed by atoms with Gasteiger partial charge in [-0.1, -0.05) is 13.3 Å². The molecule has 1 fully saturated rings. The van der Waals surface area contributed by atoms with Gasteiger partial charge in [0.1, 0.15) is 0 Å². The Balaban J connectivity index is 1.99. The Labute approximate surface area is 82.7 Å². The highest BCUT2D eigenvalue weighted by atomic mass is 15.1. The molecule has 1 aliphatic rings. The van der Waals surface area contributed by atoms with E-state index in [-0.39, 0.29) is 0 Å². The number of hydrogen-bond acceptors (Lipinski definition) is 2. The molecule has 2 atom stereocenters. The van der Waals surface area contributed by atoms with Gasteiger partial charge in [-0.3, -0.25) is 0 Å². The summed E-state index contributed by atoms with van der Waals surface area (Å²) in [6.07, 6.45) is 5.51. The lowest BCUT2D eigenvalue weighted by Gasteiger charge is -2.18. The Kier molecular flexibility index (Phi) is 4.74. The molecule has 0 radical (unpaired) electrons. The van der Waals surface area contributed by atoms with Gasteiger partial charge in [-0.25, -0.2) is 0 Å². The van der Waals surface area contributed by atoms with Crippen molar-refractivity contribution in [3.8, 4) is 0 Å². The summed E-state index contributed by atoms with van der Waals surface area (Å²) in [5.41, 5.74) is 0. The van der Waals surface area contributed by atoms with E-state index in [9.17, 15) is 0 Å². The Morgan fingerprint density at radius 2 is 2.08 bits per heavy atom. The summed E-state index contributed by atoms with van der Waals surface area (Å²) in [4.78, 5) is 2.25. The van der Waals surface area contributed by atoms with Gasteiger partial charge < -0.3 is 10.2 Å². The molecule has 78 valence electrons. The van der Waals surface area contributed by atoms with Crippen LogP contribution in [-0.4, -0.2) is 38.1 Å². The Bertz CT molecular complexity index is 134. The van der Waals surface area contributed by atoms with Crippen molar-refractivity contribution in [3.63, 3.8) is 0 Å². The largest absolute Gasteiger partial charge is 0.314 e. The zero-order valence-electron chi connectivity index (χ0n) is 9.34. The quantitative estimate of drug-likeness (QED) is 0.654. The molecule has 1 N–H and O–H groups in total. The van der Waals surface area contributed by atoms with Gasteiger partial charge in [-0.2, -0.15) is 0 Å². The first-order chi connectivity index (χ1) is 6.20. The molecular weight excluding hydrogens is 160 g/mol. The summed E-state index contributed by atoms with van der Waals surface area (Å²) in [6.45, 7) is 4.76. The molecule has 0 aliphatic heterocycles. The normalized spacial score (nSPS) is 28.6. The smallest absolute Gasteiger partial charge is 0.00927 e. The zero-order valence-corrected chi connectivity index (χ0v) is 9.34. The van der Waals surface area contributed by atoms with Gasteiger partial charge in [0.05, 0.1) is 0 Å².